The number of thiocarbonyl (C=S) groups is 1. The van der Waals surface area contributed by atoms with Crippen molar-refractivity contribution in [1.82, 2.24) is 10.0 Å². The highest BCUT2D eigenvalue weighted by molar-refractivity contribution is 7.89. The number of aryl methyl sites for hydroxylation is 1. The minimum Gasteiger partial charge on any atom is -0.332 e. The number of anilines is 1. The summed E-state index contributed by atoms with van der Waals surface area (Å²) < 4.78 is 26.7. The van der Waals surface area contributed by atoms with Crippen LogP contribution in [0, 0.1) is 6.92 Å². The maximum absolute atomic E-state index is 12.1. The summed E-state index contributed by atoms with van der Waals surface area (Å²) in [5, 5.41) is 5.51. The number of carbonyl (C=O) groups is 1. The predicted molar refractivity (Wildman–Crippen MR) is 116 cm³/mol. The van der Waals surface area contributed by atoms with E-state index in [-0.39, 0.29) is 22.0 Å². The summed E-state index contributed by atoms with van der Waals surface area (Å²) in [4.78, 5) is 12.1. The van der Waals surface area contributed by atoms with E-state index in [0.29, 0.717) is 5.69 Å². The van der Waals surface area contributed by atoms with E-state index in [2.05, 4.69) is 15.4 Å². The standard InChI is InChI=1S/C20H23N3O3S2/c1-14(2)23-28(25,26)18-11-9-17(10-12-18)21-20(27)22-19(24)13-8-16-6-4-15(3)5-7-16/h4-14,23H,1-3H3,(H2,21,22,24,27)/b13-8+. The Morgan fingerprint density at radius 2 is 1.64 bits per heavy atom. The van der Waals surface area contributed by atoms with E-state index >= 15 is 0 Å². The molecule has 0 spiro atoms. The molecule has 2 aromatic carbocycles. The van der Waals surface area contributed by atoms with Crippen molar-refractivity contribution in [3.63, 3.8) is 0 Å². The summed E-state index contributed by atoms with van der Waals surface area (Å²) in [5.41, 5.74) is 2.62. The second-order valence-electron chi connectivity index (χ2n) is 6.49. The van der Waals surface area contributed by atoms with Crippen molar-refractivity contribution in [2.24, 2.45) is 0 Å². The number of rotatable bonds is 6. The number of benzene rings is 2. The topological polar surface area (TPSA) is 87.3 Å². The number of carbonyl (C=O) groups excluding carboxylic acids is 1. The monoisotopic (exact) mass is 417 g/mol. The molecule has 0 saturated heterocycles. The fourth-order valence-corrected chi connectivity index (χ4v) is 3.73. The molecule has 0 bridgehead atoms. The van der Waals surface area contributed by atoms with Crippen LogP contribution in [0.2, 0.25) is 0 Å². The van der Waals surface area contributed by atoms with Crippen molar-refractivity contribution in [1.29, 1.82) is 0 Å². The lowest BCUT2D eigenvalue weighted by Gasteiger charge is -2.11. The van der Waals surface area contributed by atoms with Gasteiger partial charge in [0.05, 0.1) is 4.90 Å². The smallest absolute Gasteiger partial charge is 0.250 e. The molecule has 2 rings (SSSR count). The minimum absolute atomic E-state index is 0.120. The molecule has 0 aliphatic heterocycles. The van der Waals surface area contributed by atoms with Gasteiger partial charge in [-0.2, -0.15) is 0 Å². The molecule has 3 N–H and O–H groups in total. The molecule has 6 nitrogen and oxygen atoms in total. The van der Waals surface area contributed by atoms with Gasteiger partial charge in [-0.05, 0) is 68.9 Å². The number of amides is 1. The van der Waals surface area contributed by atoms with E-state index in [1.54, 1.807) is 32.1 Å². The molecule has 0 fully saturated rings. The highest BCUT2D eigenvalue weighted by Gasteiger charge is 2.15. The maximum atomic E-state index is 12.1. The summed E-state index contributed by atoms with van der Waals surface area (Å²) in [6.07, 6.45) is 3.09. The Labute approximate surface area is 171 Å². The van der Waals surface area contributed by atoms with E-state index in [9.17, 15) is 13.2 Å². The largest absolute Gasteiger partial charge is 0.332 e. The molecule has 0 saturated carbocycles. The molecule has 8 heteroatoms. The molecule has 28 heavy (non-hydrogen) atoms. The lowest BCUT2D eigenvalue weighted by molar-refractivity contribution is -0.115. The molecular formula is C20H23N3O3S2. The van der Waals surface area contributed by atoms with Gasteiger partial charge in [-0.1, -0.05) is 29.8 Å². The number of hydrogen-bond donors (Lipinski definition) is 3. The number of sulfonamides is 1. The van der Waals surface area contributed by atoms with Gasteiger partial charge in [0.1, 0.15) is 0 Å². The van der Waals surface area contributed by atoms with Crippen molar-refractivity contribution in [2.45, 2.75) is 31.7 Å². The Morgan fingerprint density at radius 3 is 2.21 bits per heavy atom. The fourth-order valence-electron chi connectivity index (χ4n) is 2.26. The van der Waals surface area contributed by atoms with Crippen LogP contribution >= 0.6 is 12.2 Å². The molecule has 2 aromatic rings. The van der Waals surface area contributed by atoms with E-state index in [1.807, 2.05) is 31.2 Å². The Hall–Kier alpha value is -2.55. The van der Waals surface area contributed by atoms with Crippen molar-refractivity contribution in [2.75, 3.05) is 5.32 Å². The lowest BCUT2D eigenvalue weighted by Crippen LogP contribution is -2.33. The van der Waals surface area contributed by atoms with Crippen molar-refractivity contribution >= 4 is 45.0 Å². The first-order chi connectivity index (χ1) is 13.2. The van der Waals surface area contributed by atoms with Crippen LogP contribution in [0.3, 0.4) is 0 Å². The maximum Gasteiger partial charge on any atom is 0.250 e. The van der Waals surface area contributed by atoms with Crippen molar-refractivity contribution in [3.8, 4) is 0 Å². The molecule has 148 valence electrons. The number of nitrogens with one attached hydrogen (secondary N) is 3. The Bertz CT molecular complexity index is 965. The van der Waals surface area contributed by atoms with Gasteiger partial charge in [0.2, 0.25) is 15.9 Å². The Morgan fingerprint density at radius 1 is 1.04 bits per heavy atom. The average Bonchev–Trinajstić information content (AvgIpc) is 2.60. The molecule has 0 aliphatic carbocycles. The van der Waals surface area contributed by atoms with Crippen LogP contribution in [0.25, 0.3) is 6.08 Å². The van der Waals surface area contributed by atoms with Crippen LogP contribution in [-0.2, 0) is 14.8 Å². The van der Waals surface area contributed by atoms with E-state index in [1.165, 1.54) is 18.2 Å². The fraction of sp³-hybridized carbons (Fsp3) is 0.200. The van der Waals surface area contributed by atoms with Crippen LogP contribution in [0.15, 0.2) is 59.5 Å². The molecule has 0 atom stereocenters. The third-order valence-electron chi connectivity index (χ3n) is 3.55. The summed E-state index contributed by atoms with van der Waals surface area (Å²) >= 11 is 5.12. The first-order valence-electron chi connectivity index (χ1n) is 8.65. The predicted octanol–water partition coefficient (Wildman–Crippen LogP) is 3.21. The second kappa shape index (κ2) is 9.59. The van der Waals surface area contributed by atoms with Gasteiger partial charge in [-0.25, -0.2) is 13.1 Å². The van der Waals surface area contributed by atoms with Gasteiger partial charge in [0, 0.05) is 17.8 Å². The van der Waals surface area contributed by atoms with Crippen LogP contribution in [0.5, 0.6) is 0 Å². The summed E-state index contributed by atoms with van der Waals surface area (Å²) in [6.45, 7) is 5.50. The van der Waals surface area contributed by atoms with Crippen molar-refractivity contribution < 1.29 is 13.2 Å². The molecule has 0 radical (unpaired) electrons. The molecule has 1 amide bonds. The Balaban J connectivity index is 1.92. The zero-order valence-corrected chi connectivity index (χ0v) is 17.5. The minimum atomic E-state index is -3.55. The van der Waals surface area contributed by atoms with E-state index < -0.39 is 10.0 Å². The average molecular weight is 418 g/mol. The highest BCUT2D eigenvalue weighted by Crippen LogP contribution is 2.14. The van der Waals surface area contributed by atoms with Crippen LogP contribution < -0.4 is 15.4 Å². The van der Waals surface area contributed by atoms with Gasteiger partial charge >= 0.3 is 0 Å². The van der Waals surface area contributed by atoms with Gasteiger partial charge in [-0.15, -0.1) is 0 Å². The van der Waals surface area contributed by atoms with Crippen molar-refractivity contribution in [3.05, 3.63) is 65.7 Å². The quantitative estimate of drug-likeness (QED) is 0.496. The first kappa shape index (κ1) is 21.7. The molecule has 0 aliphatic rings. The highest BCUT2D eigenvalue weighted by atomic mass is 32.2. The summed E-state index contributed by atoms with van der Waals surface area (Å²) in [7, 11) is -3.55. The SMILES string of the molecule is Cc1ccc(/C=C/C(=O)NC(=S)Nc2ccc(S(=O)(=O)NC(C)C)cc2)cc1. The molecular weight excluding hydrogens is 394 g/mol. The van der Waals surface area contributed by atoms with Crippen LogP contribution in [0.1, 0.15) is 25.0 Å². The Kier molecular flexibility index (Phi) is 7.45. The third-order valence-corrected chi connectivity index (χ3v) is 5.43. The van der Waals surface area contributed by atoms with Gasteiger partial charge in [-0.3, -0.25) is 10.1 Å². The van der Waals surface area contributed by atoms with E-state index in [0.717, 1.165) is 11.1 Å². The zero-order valence-electron chi connectivity index (χ0n) is 15.9. The lowest BCUT2D eigenvalue weighted by atomic mass is 10.1. The normalized spacial score (nSPS) is 11.6. The van der Waals surface area contributed by atoms with E-state index in [4.69, 9.17) is 12.2 Å². The summed E-state index contributed by atoms with van der Waals surface area (Å²) in [6, 6.07) is 13.7. The van der Waals surface area contributed by atoms with Crippen LogP contribution in [0.4, 0.5) is 5.69 Å². The molecule has 0 aromatic heterocycles. The second-order valence-corrected chi connectivity index (χ2v) is 8.61. The molecule has 0 unspecified atom stereocenters. The van der Waals surface area contributed by atoms with Gasteiger partial charge < -0.3 is 5.32 Å². The van der Waals surface area contributed by atoms with Gasteiger partial charge in [0.15, 0.2) is 5.11 Å². The summed E-state index contributed by atoms with van der Waals surface area (Å²) in [5.74, 6) is -0.363. The molecule has 0 heterocycles. The third kappa shape index (κ3) is 6.88. The first-order valence-corrected chi connectivity index (χ1v) is 10.5. The van der Waals surface area contributed by atoms with Crippen LogP contribution in [-0.4, -0.2) is 25.5 Å². The van der Waals surface area contributed by atoms with Gasteiger partial charge in [0.25, 0.3) is 0 Å². The zero-order chi connectivity index (χ0) is 20.7. The number of hydrogen-bond acceptors (Lipinski definition) is 4.